The van der Waals surface area contributed by atoms with Crippen LogP contribution in [0, 0.1) is 5.82 Å². The Morgan fingerprint density at radius 2 is 2.14 bits per heavy atom. The van der Waals surface area contributed by atoms with Crippen LogP contribution in [0.1, 0.15) is 45.9 Å². The van der Waals surface area contributed by atoms with Crippen molar-refractivity contribution in [2.24, 2.45) is 0 Å². The van der Waals surface area contributed by atoms with Crippen molar-refractivity contribution >= 4 is 6.09 Å². The topological polar surface area (TPSA) is 63.2 Å². The first-order valence-electron chi connectivity index (χ1n) is 7.11. The minimum Gasteiger partial charge on any atom is -0.444 e. The average molecular weight is 295 g/mol. The lowest BCUT2D eigenvalue weighted by atomic mass is 10.2. The number of carbonyl (C=O) groups excluding carboxylic acids is 1. The standard InChI is InChI=1S/C15H22FN3O2/c1-9(11-6-5-10(16)8-17-11)18-12-7-13(12)19-14(20)21-15(2,3)4/h5-6,8-9,12-13,18H,7H2,1-4H3,(H,19,20). The van der Waals surface area contributed by atoms with Crippen molar-refractivity contribution in [2.75, 3.05) is 0 Å². The van der Waals surface area contributed by atoms with E-state index in [2.05, 4.69) is 15.6 Å². The predicted molar refractivity (Wildman–Crippen MR) is 77.3 cm³/mol. The van der Waals surface area contributed by atoms with E-state index < -0.39 is 11.7 Å². The summed E-state index contributed by atoms with van der Waals surface area (Å²) in [5, 5.41) is 6.18. The van der Waals surface area contributed by atoms with Crippen molar-refractivity contribution in [3.63, 3.8) is 0 Å². The van der Waals surface area contributed by atoms with Gasteiger partial charge in [0.2, 0.25) is 0 Å². The van der Waals surface area contributed by atoms with E-state index in [-0.39, 0.29) is 23.9 Å². The zero-order valence-electron chi connectivity index (χ0n) is 12.8. The smallest absolute Gasteiger partial charge is 0.407 e. The van der Waals surface area contributed by atoms with Gasteiger partial charge >= 0.3 is 6.09 Å². The molecule has 0 bridgehead atoms. The molecule has 1 aliphatic rings. The molecular weight excluding hydrogens is 273 g/mol. The predicted octanol–water partition coefficient (Wildman–Crippen LogP) is 2.54. The number of rotatable bonds is 4. The molecule has 3 unspecified atom stereocenters. The summed E-state index contributed by atoms with van der Waals surface area (Å²) >= 11 is 0. The van der Waals surface area contributed by atoms with E-state index in [1.54, 1.807) is 6.07 Å². The van der Waals surface area contributed by atoms with Gasteiger partial charge in [-0.1, -0.05) is 0 Å². The molecule has 1 saturated carbocycles. The van der Waals surface area contributed by atoms with Crippen LogP contribution in [0.4, 0.5) is 9.18 Å². The monoisotopic (exact) mass is 295 g/mol. The number of ether oxygens (including phenoxy) is 1. The van der Waals surface area contributed by atoms with Gasteiger partial charge in [-0.05, 0) is 46.2 Å². The normalized spacial score (nSPS) is 22.5. The van der Waals surface area contributed by atoms with Crippen molar-refractivity contribution in [3.8, 4) is 0 Å². The number of carbonyl (C=O) groups is 1. The second-order valence-corrected chi connectivity index (χ2v) is 6.38. The number of hydrogen-bond donors (Lipinski definition) is 2. The Bertz CT molecular complexity index is 499. The maximum absolute atomic E-state index is 12.8. The summed E-state index contributed by atoms with van der Waals surface area (Å²) in [6.45, 7) is 7.45. The van der Waals surface area contributed by atoms with Gasteiger partial charge in [0.25, 0.3) is 0 Å². The Balaban J connectivity index is 1.76. The highest BCUT2D eigenvalue weighted by atomic mass is 19.1. The molecule has 1 aromatic heterocycles. The number of alkyl carbamates (subject to hydrolysis) is 1. The van der Waals surface area contributed by atoms with Crippen LogP contribution in [0.15, 0.2) is 18.3 Å². The van der Waals surface area contributed by atoms with Crippen LogP contribution >= 0.6 is 0 Å². The summed E-state index contributed by atoms with van der Waals surface area (Å²) in [7, 11) is 0. The summed E-state index contributed by atoms with van der Waals surface area (Å²) in [6.07, 6.45) is 1.66. The third-order valence-electron chi connectivity index (χ3n) is 3.15. The number of hydrogen-bond acceptors (Lipinski definition) is 4. The molecule has 2 rings (SSSR count). The summed E-state index contributed by atoms with van der Waals surface area (Å²) in [6, 6.07) is 3.32. The zero-order chi connectivity index (χ0) is 15.6. The van der Waals surface area contributed by atoms with Crippen LogP contribution in [0.25, 0.3) is 0 Å². The highest BCUT2D eigenvalue weighted by molar-refractivity contribution is 5.68. The summed E-state index contributed by atoms with van der Waals surface area (Å²) in [5.41, 5.74) is 0.284. The van der Waals surface area contributed by atoms with Gasteiger partial charge in [-0.25, -0.2) is 9.18 Å². The molecule has 3 atom stereocenters. The first-order chi connectivity index (χ1) is 9.74. The van der Waals surface area contributed by atoms with E-state index >= 15 is 0 Å². The van der Waals surface area contributed by atoms with Crippen LogP contribution in [-0.2, 0) is 4.74 Å². The maximum atomic E-state index is 12.8. The molecule has 1 fully saturated rings. The molecule has 1 aromatic rings. The van der Waals surface area contributed by atoms with E-state index in [9.17, 15) is 9.18 Å². The summed E-state index contributed by atoms with van der Waals surface area (Å²) in [5.74, 6) is -0.346. The molecule has 116 valence electrons. The molecule has 1 amide bonds. The molecule has 2 N–H and O–H groups in total. The lowest BCUT2D eigenvalue weighted by Crippen LogP contribution is -2.37. The molecule has 0 aliphatic heterocycles. The van der Waals surface area contributed by atoms with Gasteiger partial charge in [-0.3, -0.25) is 4.98 Å². The molecule has 5 nitrogen and oxygen atoms in total. The number of nitrogens with one attached hydrogen (secondary N) is 2. The van der Waals surface area contributed by atoms with E-state index in [4.69, 9.17) is 4.74 Å². The molecular formula is C15H22FN3O2. The molecule has 6 heteroatoms. The fourth-order valence-corrected chi connectivity index (χ4v) is 2.05. The third-order valence-corrected chi connectivity index (χ3v) is 3.15. The van der Waals surface area contributed by atoms with Gasteiger partial charge < -0.3 is 15.4 Å². The molecule has 0 saturated heterocycles. The van der Waals surface area contributed by atoms with Crippen LogP contribution in [0.3, 0.4) is 0 Å². The van der Waals surface area contributed by atoms with E-state index in [1.165, 1.54) is 12.3 Å². The second kappa shape index (κ2) is 5.97. The van der Waals surface area contributed by atoms with Gasteiger partial charge in [-0.2, -0.15) is 0 Å². The van der Waals surface area contributed by atoms with E-state index in [0.29, 0.717) is 0 Å². The Morgan fingerprint density at radius 1 is 1.43 bits per heavy atom. The van der Waals surface area contributed by atoms with Gasteiger partial charge in [0.05, 0.1) is 11.9 Å². The van der Waals surface area contributed by atoms with Crippen LogP contribution in [0.5, 0.6) is 0 Å². The highest BCUT2D eigenvalue weighted by Gasteiger charge is 2.40. The van der Waals surface area contributed by atoms with Crippen molar-refractivity contribution in [3.05, 3.63) is 29.8 Å². The number of amides is 1. The summed E-state index contributed by atoms with van der Waals surface area (Å²) < 4.78 is 18.0. The minimum atomic E-state index is -0.493. The van der Waals surface area contributed by atoms with Crippen LogP contribution in [-0.4, -0.2) is 28.8 Å². The van der Waals surface area contributed by atoms with Crippen molar-refractivity contribution in [2.45, 2.75) is 57.8 Å². The Labute approximate surface area is 124 Å². The minimum absolute atomic E-state index is 0.000960. The van der Waals surface area contributed by atoms with Gasteiger partial charge in [-0.15, -0.1) is 0 Å². The molecule has 1 heterocycles. The fourth-order valence-electron chi connectivity index (χ4n) is 2.05. The third kappa shape index (κ3) is 4.97. The summed E-state index contributed by atoms with van der Waals surface area (Å²) in [4.78, 5) is 15.7. The zero-order valence-corrected chi connectivity index (χ0v) is 12.8. The van der Waals surface area contributed by atoms with Crippen molar-refractivity contribution in [1.29, 1.82) is 0 Å². The van der Waals surface area contributed by atoms with Crippen LogP contribution in [0.2, 0.25) is 0 Å². The van der Waals surface area contributed by atoms with Crippen LogP contribution < -0.4 is 10.6 Å². The number of pyridine rings is 1. The fraction of sp³-hybridized carbons (Fsp3) is 0.600. The SMILES string of the molecule is CC(NC1CC1NC(=O)OC(C)(C)C)c1ccc(F)cn1. The lowest BCUT2D eigenvalue weighted by Gasteiger charge is -2.20. The number of nitrogens with zero attached hydrogens (tertiary/aromatic N) is 1. The second-order valence-electron chi connectivity index (χ2n) is 6.38. The van der Waals surface area contributed by atoms with Crippen molar-refractivity contribution in [1.82, 2.24) is 15.6 Å². The lowest BCUT2D eigenvalue weighted by molar-refractivity contribution is 0.0522. The van der Waals surface area contributed by atoms with Crippen molar-refractivity contribution < 1.29 is 13.9 Å². The van der Waals surface area contributed by atoms with Gasteiger partial charge in [0.15, 0.2) is 0 Å². The molecule has 0 spiro atoms. The highest BCUT2D eigenvalue weighted by Crippen LogP contribution is 2.25. The van der Waals surface area contributed by atoms with E-state index in [0.717, 1.165) is 12.1 Å². The number of halogens is 1. The average Bonchev–Trinajstić information content (AvgIpc) is 3.05. The molecule has 21 heavy (non-hydrogen) atoms. The maximum Gasteiger partial charge on any atom is 0.407 e. The molecule has 0 radical (unpaired) electrons. The Hall–Kier alpha value is -1.69. The first kappa shape index (κ1) is 15.7. The quantitative estimate of drug-likeness (QED) is 0.896. The Morgan fingerprint density at radius 3 is 2.71 bits per heavy atom. The largest absolute Gasteiger partial charge is 0.444 e. The molecule has 0 aromatic carbocycles. The molecule has 1 aliphatic carbocycles. The van der Waals surface area contributed by atoms with Gasteiger partial charge in [0, 0.05) is 18.1 Å². The number of aromatic nitrogens is 1. The van der Waals surface area contributed by atoms with Gasteiger partial charge in [0.1, 0.15) is 11.4 Å². The van der Waals surface area contributed by atoms with E-state index in [1.807, 2.05) is 27.7 Å². The first-order valence-corrected chi connectivity index (χ1v) is 7.11. The Kier molecular flexibility index (Phi) is 4.46.